The Balaban J connectivity index is 3.80. The Labute approximate surface area is 54.4 Å². The molecular weight excluding hydrogens is 147 g/mol. The molecule has 0 heterocycles. The molecule has 1 atom stereocenters. The Morgan fingerprint density at radius 2 is 1.86 bits per heavy atom. The summed E-state index contributed by atoms with van der Waals surface area (Å²) in [6, 6.07) is 0. The first kappa shape index (κ1) is 7.96. The molecule has 1 N–H and O–H groups in total. The van der Waals surface area contributed by atoms with E-state index in [9.17, 15) is 0 Å². The summed E-state index contributed by atoms with van der Waals surface area (Å²) >= 11 is 9.18. The molecule has 0 rings (SSSR count). The van der Waals surface area contributed by atoms with E-state index in [4.69, 9.17) is 4.89 Å². The van der Waals surface area contributed by atoms with Crippen LogP contribution in [0, 0.1) is 0 Å². The Kier molecular flexibility index (Phi) is 2.83. The Morgan fingerprint density at radius 3 is 1.86 bits per heavy atom. The van der Waals surface area contributed by atoms with Crippen molar-refractivity contribution in [1.82, 2.24) is 0 Å². The molecule has 0 aliphatic carbocycles. The van der Waals surface area contributed by atoms with E-state index < -0.39 is 5.47 Å². The number of hydrogen-bond acceptors (Lipinski definition) is 2. The SMILES string of the molecule is CC(C)P(O)(=S)[S-]. The average molecular weight is 155 g/mol. The van der Waals surface area contributed by atoms with E-state index in [0.717, 1.165) is 0 Å². The van der Waals surface area contributed by atoms with Gasteiger partial charge in [-0.25, -0.2) is 0 Å². The van der Waals surface area contributed by atoms with Crippen molar-refractivity contribution < 1.29 is 4.89 Å². The van der Waals surface area contributed by atoms with Gasteiger partial charge >= 0.3 is 0 Å². The zero-order chi connectivity index (χ0) is 6.08. The summed E-state index contributed by atoms with van der Waals surface area (Å²) in [6.07, 6.45) is 0. The van der Waals surface area contributed by atoms with Crippen LogP contribution in [0.3, 0.4) is 0 Å². The Morgan fingerprint density at radius 1 is 1.71 bits per heavy atom. The highest BCUT2D eigenvalue weighted by Gasteiger charge is 1.98. The van der Waals surface area contributed by atoms with Gasteiger partial charge in [0.25, 0.3) is 0 Å². The second kappa shape index (κ2) is 2.49. The average Bonchev–Trinajstić information content (AvgIpc) is 1.31. The quantitative estimate of drug-likeness (QED) is 0.454. The summed E-state index contributed by atoms with van der Waals surface area (Å²) in [6.45, 7) is 3.68. The molecular formula is C3H8OPS2-. The van der Waals surface area contributed by atoms with Crippen LogP contribution in [0.5, 0.6) is 0 Å². The molecule has 0 radical (unpaired) electrons. The smallest absolute Gasteiger partial charge is 0.0157 e. The Hall–Kier alpha value is 0.960. The van der Waals surface area contributed by atoms with Gasteiger partial charge in [-0.2, -0.15) is 0 Å². The van der Waals surface area contributed by atoms with Gasteiger partial charge in [-0.1, -0.05) is 31.1 Å². The summed E-state index contributed by atoms with van der Waals surface area (Å²) < 4.78 is 0. The van der Waals surface area contributed by atoms with E-state index in [2.05, 4.69) is 24.1 Å². The minimum atomic E-state index is -2.32. The summed E-state index contributed by atoms with van der Waals surface area (Å²) in [7, 11) is 0. The van der Waals surface area contributed by atoms with Crippen LogP contribution in [0.2, 0.25) is 0 Å². The molecule has 0 bridgehead atoms. The van der Waals surface area contributed by atoms with Gasteiger partial charge in [0.15, 0.2) is 0 Å². The summed E-state index contributed by atoms with van der Waals surface area (Å²) in [4.78, 5) is 8.84. The van der Waals surface area contributed by atoms with E-state index in [1.807, 2.05) is 13.8 Å². The first-order chi connectivity index (χ1) is 2.94. The topological polar surface area (TPSA) is 20.2 Å². The van der Waals surface area contributed by atoms with E-state index in [-0.39, 0.29) is 5.66 Å². The van der Waals surface area contributed by atoms with Crippen LogP contribution >= 0.6 is 5.47 Å². The third-order valence-electron chi connectivity index (χ3n) is 0.653. The van der Waals surface area contributed by atoms with E-state index >= 15 is 0 Å². The fourth-order valence-corrected chi connectivity index (χ4v) is 0. The van der Waals surface area contributed by atoms with Crippen LogP contribution < -0.4 is 0 Å². The maximum Gasteiger partial charge on any atom is -0.0157 e. The minimum Gasteiger partial charge on any atom is -0.719 e. The predicted octanol–water partition coefficient (Wildman–Crippen LogP) is 1.24. The molecule has 0 spiro atoms. The van der Waals surface area contributed by atoms with Gasteiger partial charge in [0.1, 0.15) is 0 Å². The normalized spacial score (nSPS) is 19.6. The van der Waals surface area contributed by atoms with E-state index in [1.165, 1.54) is 0 Å². The van der Waals surface area contributed by atoms with Gasteiger partial charge in [0.05, 0.1) is 0 Å². The highest BCUT2D eigenvalue weighted by Crippen LogP contribution is 2.42. The lowest BCUT2D eigenvalue weighted by Gasteiger charge is -2.24. The molecule has 0 saturated heterocycles. The van der Waals surface area contributed by atoms with Crippen molar-refractivity contribution in [1.29, 1.82) is 0 Å². The molecule has 0 aromatic heterocycles. The lowest BCUT2D eigenvalue weighted by atomic mass is 10.6. The van der Waals surface area contributed by atoms with Crippen molar-refractivity contribution >= 4 is 29.5 Å². The fourth-order valence-electron chi connectivity index (χ4n) is 0. The standard InChI is InChI=1S/C3H9OPS2/c1-3(2)5(4,6)7/h3H,1-2H3,(H2,4,6,7)/p-1. The van der Waals surface area contributed by atoms with Crippen LogP contribution in [-0.4, -0.2) is 10.6 Å². The van der Waals surface area contributed by atoms with Crippen LogP contribution in [0.15, 0.2) is 0 Å². The lowest BCUT2D eigenvalue weighted by Crippen LogP contribution is -1.91. The van der Waals surface area contributed by atoms with E-state index in [1.54, 1.807) is 0 Å². The maximum absolute atomic E-state index is 8.84. The molecule has 0 amide bonds. The third kappa shape index (κ3) is 3.53. The summed E-state index contributed by atoms with van der Waals surface area (Å²) in [5, 5.41) is 0. The predicted molar refractivity (Wildman–Crippen MR) is 39.0 cm³/mol. The van der Waals surface area contributed by atoms with Gasteiger partial charge in [0, 0.05) is 0 Å². The van der Waals surface area contributed by atoms with Crippen LogP contribution in [-0.2, 0) is 24.1 Å². The van der Waals surface area contributed by atoms with Gasteiger partial charge in [-0.15, -0.1) is 0 Å². The Bertz CT molecular complexity index is 95.1. The molecule has 0 aromatic rings. The summed E-state index contributed by atoms with van der Waals surface area (Å²) in [5.74, 6) is 0. The van der Waals surface area contributed by atoms with Gasteiger partial charge in [-0.05, 0) is 5.66 Å². The maximum atomic E-state index is 8.84. The molecule has 1 unspecified atom stereocenters. The van der Waals surface area contributed by atoms with Crippen molar-refractivity contribution in [3.8, 4) is 0 Å². The fraction of sp³-hybridized carbons (Fsp3) is 1.00. The van der Waals surface area contributed by atoms with Crippen molar-refractivity contribution in [2.75, 3.05) is 0 Å². The van der Waals surface area contributed by atoms with Crippen LogP contribution in [0.4, 0.5) is 0 Å². The first-order valence-electron chi connectivity index (χ1n) is 1.98. The van der Waals surface area contributed by atoms with Crippen LogP contribution in [0.1, 0.15) is 13.8 Å². The highest BCUT2D eigenvalue weighted by molar-refractivity contribution is 8.53. The second-order valence-electron chi connectivity index (χ2n) is 1.66. The third-order valence-corrected chi connectivity index (χ3v) is 4.49. The molecule has 0 saturated carbocycles. The van der Waals surface area contributed by atoms with Gasteiger partial charge < -0.3 is 17.1 Å². The van der Waals surface area contributed by atoms with Gasteiger partial charge in [-0.3, -0.25) is 0 Å². The molecule has 0 aromatic carbocycles. The molecule has 44 valence electrons. The van der Waals surface area contributed by atoms with Crippen LogP contribution in [0.25, 0.3) is 0 Å². The number of rotatable bonds is 1. The molecule has 4 heteroatoms. The molecule has 0 fully saturated rings. The molecule has 0 aliphatic rings. The minimum absolute atomic E-state index is 0.0949. The lowest BCUT2D eigenvalue weighted by molar-refractivity contribution is 0.628. The molecule has 1 nitrogen and oxygen atoms in total. The van der Waals surface area contributed by atoms with Crippen molar-refractivity contribution in [2.45, 2.75) is 19.5 Å². The van der Waals surface area contributed by atoms with Crippen molar-refractivity contribution in [3.05, 3.63) is 0 Å². The monoisotopic (exact) mass is 155 g/mol. The van der Waals surface area contributed by atoms with E-state index in [0.29, 0.717) is 0 Å². The number of hydrogen-bond donors (Lipinski definition) is 1. The van der Waals surface area contributed by atoms with Gasteiger partial charge in [0.2, 0.25) is 0 Å². The molecule has 7 heavy (non-hydrogen) atoms. The second-order valence-corrected chi connectivity index (χ2v) is 7.85. The molecule has 0 aliphatic heterocycles. The van der Waals surface area contributed by atoms with Crippen molar-refractivity contribution in [3.63, 3.8) is 0 Å². The van der Waals surface area contributed by atoms with Crippen molar-refractivity contribution in [2.24, 2.45) is 0 Å². The summed E-state index contributed by atoms with van der Waals surface area (Å²) in [5.41, 5.74) is -2.23. The largest absolute Gasteiger partial charge is 0.719 e. The first-order valence-corrected chi connectivity index (χ1v) is 5.82. The zero-order valence-electron chi connectivity index (χ0n) is 4.29. The zero-order valence-corrected chi connectivity index (χ0v) is 6.82. The highest BCUT2D eigenvalue weighted by atomic mass is 32.9.